The van der Waals surface area contributed by atoms with Crippen LogP contribution in [0.3, 0.4) is 0 Å². The molecule has 0 spiro atoms. The first kappa shape index (κ1) is 11.5. The molecule has 0 aromatic carbocycles. The van der Waals surface area contributed by atoms with E-state index in [1.165, 1.54) is 0 Å². The van der Waals surface area contributed by atoms with Gasteiger partial charge in [-0.05, 0) is 25.6 Å². The van der Waals surface area contributed by atoms with Gasteiger partial charge in [0.05, 0.1) is 18.8 Å². The number of aromatic nitrogens is 1. The normalized spacial score (nSPS) is 24.3. The third-order valence-electron chi connectivity index (χ3n) is 3.02. The van der Waals surface area contributed by atoms with Crippen LogP contribution >= 0.6 is 0 Å². The van der Waals surface area contributed by atoms with Crippen molar-refractivity contribution in [2.24, 2.45) is 5.73 Å². The van der Waals surface area contributed by atoms with E-state index >= 15 is 0 Å². The standard InChI is InChI=1S/C12H19N3O/c1-9-3-4-10(7-14-9)12(13)11-8-15(2)5-6-16-11/h3-4,7,11-12H,5-6,8,13H2,1-2H3. The van der Waals surface area contributed by atoms with E-state index in [0.717, 1.165) is 31.0 Å². The maximum Gasteiger partial charge on any atom is 0.0895 e. The minimum Gasteiger partial charge on any atom is -0.374 e. The molecule has 2 N–H and O–H groups in total. The molecular formula is C12H19N3O. The first-order valence-electron chi connectivity index (χ1n) is 5.65. The molecule has 1 aliphatic rings. The molecule has 2 rings (SSSR count). The molecule has 2 atom stereocenters. The van der Waals surface area contributed by atoms with Gasteiger partial charge in [-0.2, -0.15) is 0 Å². The lowest BCUT2D eigenvalue weighted by Gasteiger charge is -2.33. The van der Waals surface area contributed by atoms with Gasteiger partial charge in [-0.1, -0.05) is 6.07 Å². The first-order valence-corrected chi connectivity index (χ1v) is 5.65. The molecule has 0 aliphatic carbocycles. The van der Waals surface area contributed by atoms with Gasteiger partial charge in [-0.25, -0.2) is 0 Å². The van der Waals surface area contributed by atoms with Gasteiger partial charge in [0.2, 0.25) is 0 Å². The molecule has 88 valence electrons. The summed E-state index contributed by atoms with van der Waals surface area (Å²) >= 11 is 0. The van der Waals surface area contributed by atoms with Gasteiger partial charge in [-0.3, -0.25) is 4.98 Å². The molecule has 16 heavy (non-hydrogen) atoms. The third kappa shape index (κ3) is 2.58. The molecule has 4 nitrogen and oxygen atoms in total. The van der Waals surface area contributed by atoms with E-state index in [2.05, 4.69) is 16.9 Å². The van der Waals surface area contributed by atoms with E-state index in [1.807, 2.05) is 25.3 Å². The summed E-state index contributed by atoms with van der Waals surface area (Å²) in [5, 5.41) is 0. The Bertz CT molecular complexity index is 339. The molecule has 0 bridgehead atoms. The molecule has 1 fully saturated rings. The van der Waals surface area contributed by atoms with Gasteiger partial charge in [0.25, 0.3) is 0 Å². The summed E-state index contributed by atoms with van der Waals surface area (Å²) in [5.74, 6) is 0. The second-order valence-corrected chi connectivity index (χ2v) is 4.43. The second kappa shape index (κ2) is 4.91. The number of rotatable bonds is 2. The van der Waals surface area contributed by atoms with Crippen molar-refractivity contribution in [2.75, 3.05) is 26.7 Å². The third-order valence-corrected chi connectivity index (χ3v) is 3.02. The quantitative estimate of drug-likeness (QED) is 0.799. The van der Waals surface area contributed by atoms with E-state index in [-0.39, 0.29) is 12.1 Å². The van der Waals surface area contributed by atoms with Crippen LogP contribution < -0.4 is 5.73 Å². The molecule has 4 heteroatoms. The van der Waals surface area contributed by atoms with Crippen LogP contribution in [-0.4, -0.2) is 42.7 Å². The lowest BCUT2D eigenvalue weighted by molar-refractivity contribution is -0.0326. The maximum absolute atomic E-state index is 6.19. The lowest BCUT2D eigenvalue weighted by Crippen LogP contribution is -2.45. The summed E-state index contributed by atoms with van der Waals surface area (Å²) in [5.41, 5.74) is 8.25. The van der Waals surface area contributed by atoms with E-state index in [4.69, 9.17) is 10.5 Å². The highest BCUT2D eigenvalue weighted by Crippen LogP contribution is 2.19. The van der Waals surface area contributed by atoms with E-state index < -0.39 is 0 Å². The van der Waals surface area contributed by atoms with Crippen molar-refractivity contribution in [3.63, 3.8) is 0 Å². The fraction of sp³-hybridized carbons (Fsp3) is 0.583. The number of ether oxygens (including phenoxy) is 1. The molecule has 1 aliphatic heterocycles. The predicted octanol–water partition coefficient (Wildman–Crippen LogP) is 0.720. The molecule has 2 heterocycles. The Kier molecular flexibility index (Phi) is 3.53. The first-order chi connectivity index (χ1) is 7.66. The monoisotopic (exact) mass is 221 g/mol. The van der Waals surface area contributed by atoms with Crippen molar-refractivity contribution >= 4 is 0 Å². The Morgan fingerprint density at radius 3 is 3.00 bits per heavy atom. The number of hydrogen-bond acceptors (Lipinski definition) is 4. The number of nitrogens with zero attached hydrogens (tertiary/aromatic N) is 2. The van der Waals surface area contributed by atoms with Crippen molar-refractivity contribution in [3.05, 3.63) is 29.6 Å². The number of hydrogen-bond donors (Lipinski definition) is 1. The second-order valence-electron chi connectivity index (χ2n) is 4.43. The summed E-state index contributed by atoms with van der Waals surface area (Å²) in [4.78, 5) is 6.51. The van der Waals surface area contributed by atoms with Crippen molar-refractivity contribution in [2.45, 2.75) is 19.1 Å². The Hall–Kier alpha value is -0.970. The highest BCUT2D eigenvalue weighted by atomic mass is 16.5. The summed E-state index contributed by atoms with van der Waals surface area (Å²) in [7, 11) is 2.09. The molecule has 1 aromatic rings. The Balaban J connectivity index is 2.06. The van der Waals surface area contributed by atoms with Gasteiger partial charge >= 0.3 is 0 Å². The number of likely N-dealkylation sites (N-methyl/N-ethyl adjacent to an activating group) is 1. The Morgan fingerprint density at radius 1 is 1.56 bits per heavy atom. The molecule has 0 saturated carbocycles. The van der Waals surface area contributed by atoms with Crippen LogP contribution in [0.1, 0.15) is 17.3 Å². The fourth-order valence-corrected chi connectivity index (χ4v) is 1.92. The Labute approximate surface area is 96.4 Å². The van der Waals surface area contributed by atoms with Gasteiger partial charge in [-0.15, -0.1) is 0 Å². The molecule has 0 radical (unpaired) electrons. The van der Waals surface area contributed by atoms with Gasteiger partial charge in [0.1, 0.15) is 0 Å². The summed E-state index contributed by atoms with van der Waals surface area (Å²) in [6.45, 7) is 4.60. The van der Waals surface area contributed by atoms with Crippen LogP contribution in [0, 0.1) is 6.92 Å². The molecule has 0 amide bonds. The number of pyridine rings is 1. The van der Waals surface area contributed by atoms with Crippen molar-refractivity contribution in [1.29, 1.82) is 0 Å². The molecule has 1 aromatic heterocycles. The molecule has 2 unspecified atom stereocenters. The largest absolute Gasteiger partial charge is 0.374 e. The number of morpholine rings is 1. The SMILES string of the molecule is Cc1ccc(C(N)C2CN(C)CCO2)cn1. The minimum absolute atomic E-state index is 0.0725. The van der Waals surface area contributed by atoms with Crippen LogP contribution in [0.25, 0.3) is 0 Å². The highest BCUT2D eigenvalue weighted by molar-refractivity contribution is 5.18. The van der Waals surface area contributed by atoms with Crippen LogP contribution in [0.2, 0.25) is 0 Å². The molecule has 1 saturated heterocycles. The summed E-state index contributed by atoms with van der Waals surface area (Å²) < 4.78 is 5.70. The topological polar surface area (TPSA) is 51.4 Å². The fourth-order valence-electron chi connectivity index (χ4n) is 1.92. The van der Waals surface area contributed by atoms with Crippen molar-refractivity contribution in [3.8, 4) is 0 Å². The van der Waals surface area contributed by atoms with Crippen molar-refractivity contribution < 1.29 is 4.74 Å². The van der Waals surface area contributed by atoms with E-state index in [1.54, 1.807) is 0 Å². The van der Waals surface area contributed by atoms with Crippen LogP contribution in [0.5, 0.6) is 0 Å². The van der Waals surface area contributed by atoms with Crippen LogP contribution in [0.15, 0.2) is 18.3 Å². The number of aryl methyl sites for hydroxylation is 1. The van der Waals surface area contributed by atoms with E-state index in [0.29, 0.717) is 0 Å². The van der Waals surface area contributed by atoms with Crippen molar-refractivity contribution in [1.82, 2.24) is 9.88 Å². The maximum atomic E-state index is 6.19. The zero-order valence-electron chi connectivity index (χ0n) is 9.89. The van der Waals surface area contributed by atoms with Gasteiger partial charge in [0, 0.05) is 25.0 Å². The summed E-state index contributed by atoms with van der Waals surface area (Å²) in [6, 6.07) is 3.93. The van der Waals surface area contributed by atoms with Crippen LogP contribution in [0.4, 0.5) is 0 Å². The average molecular weight is 221 g/mol. The average Bonchev–Trinajstić information content (AvgIpc) is 2.29. The Morgan fingerprint density at radius 2 is 2.38 bits per heavy atom. The smallest absolute Gasteiger partial charge is 0.0895 e. The zero-order valence-corrected chi connectivity index (χ0v) is 9.89. The zero-order chi connectivity index (χ0) is 11.5. The highest BCUT2D eigenvalue weighted by Gasteiger charge is 2.25. The van der Waals surface area contributed by atoms with E-state index in [9.17, 15) is 0 Å². The van der Waals surface area contributed by atoms with Crippen LogP contribution in [-0.2, 0) is 4.74 Å². The number of nitrogens with two attached hydrogens (primary N) is 1. The lowest BCUT2D eigenvalue weighted by atomic mass is 10.0. The van der Waals surface area contributed by atoms with Gasteiger partial charge in [0.15, 0.2) is 0 Å². The molecular weight excluding hydrogens is 202 g/mol. The minimum atomic E-state index is -0.0872. The summed E-state index contributed by atoms with van der Waals surface area (Å²) in [6.07, 6.45) is 1.92. The van der Waals surface area contributed by atoms with Gasteiger partial charge < -0.3 is 15.4 Å². The predicted molar refractivity (Wildman–Crippen MR) is 63.1 cm³/mol.